The summed E-state index contributed by atoms with van der Waals surface area (Å²) in [6.45, 7) is 2.95. The fourth-order valence-electron chi connectivity index (χ4n) is 3.27. The average Bonchev–Trinajstić information content (AvgIpc) is 2.68. The molecule has 6 nitrogen and oxygen atoms in total. The van der Waals surface area contributed by atoms with Gasteiger partial charge in [0.25, 0.3) is 0 Å². The van der Waals surface area contributed by atoms with Gasteiger partial charge in [0.15, 0.2) is 0 Å². The Hall–Kier alpha value is -3.02. The van der Waals surface area contributed by atoms with E-state index in [2.05, 4.69) is 22.3 Å². The molecule has 3 rings (SSSR count). The van der Waals surface area contributed by atoms with Crippen LogP contribution >= 0.6 is 0 Å². The quantitative estimate of drug-likeness (QED) is 0.865. The van der Waals surface area contributed by atoms with Crippen molar-refractivity contribution in [2.45, 2.75) is 12.5 Å². The molecule has 0 aliphatic carbocycles. The molecule has 26 heavy (non-hydrogen) atoms. The predicted molar refractivity (Wildman–Crippen MR) is 102 cm³/mol. The molecule has 0 saturated carbocycles. The molecule has 1 heterocycles. The lowest BCUT2D eigenvalue weighted by atomic mass is 10.0. The van der Waals surface area contributed by atoms with Gasteiger partial charge in [-0.2, -0.15) is 0 Å². The van der Waals surface area contributed by atoms with Gasteiger partial charge in [-0.05, 0) is 17.7 Å². The van der Waals surface area contributed by atoms with E-state index in [0.29, 0.717) is 13.1 Å². The Morgan fingerprint density at radius 2 is 1.50 bits per heavy atom. The third kappa shape index (κ3) is 4.53. The average molecular weight is 352 g/mol. The number of nitrogens with zero attached hydrogens (tertiary/aromatic N) is 2. The maximum absolute atomic E-state index is 12.7. The molecule has 0 spiro atoms. The van der Waals surface area contributed by atoms with Crippen LogP contribution in [0.15, 0.2) is 60.7 Å². The SMILES string of the molecule is NC(=O)NC(CC(=O)N1CCN(c2ccccc2)CC1)c1ccccc1. The third-order valence-electron chi connectivity index (χ3n) is 4.65. The zero-order valence-corrected chi connectivity index (χ0v) is 14.7. The van der Waals surface area contributed by atoms with E-state index in [1.807, 2.05) is 53.4 Å². The van der Waals surface area contributed by atoms with Gasteiger partial charge in [-0.3, -0.25) is 4.79 Å². The lowest BCUT2D eigenvalue weighted by Crippen LogP contribution is -2.49. The van der Waals surface area contributed by atoms with Crippen LogP contribution in [0.2, 0.25) is 0 Å². The number of anilines is 1. The molecule has 1 unspecified atom stereocenters. The monoisotopic (exact) mass is 352 g/mol. The maximum atomic E-state index is 12.7. The van der Waals surface area contributed by atoms with Crippen LogP contribution in [-0.2, 0) is 4.79 Å². The molecule has 1 aliphatic rings. The highest BCUT2D eigenvalue weighted by Gasteiger charge is 2.25. The number of nitrogens with one attached hydrogen (secondary N) is 1. The lowest BCUT2D eigenvalue weighted by Gasteiger charge is -2.36. The van der Waals surface area contributed by atoms with Crippen molar-refractivity contribution in [1.82, 2.24) is 10.2 Å². The normalized spacial score (nSPS) is 15.4. The number of rotatable bonds is 5. The Bertz CT molecular complexity index is 728. The second kappa shape index (κ2) is 8.38. The van der Waals surface area contributed by atoms with Crippen LogP contribution < -0.4 is 16.0 Å². The number of urea groups is 1. The van der Waals surface area contributed by atoms with Crippen molar-refractivity contribution in [3.63, 3.8) is 0 Å². The van der Waals surface area contributed by atoms with E-state index in [0.717, 1.165) is 18.7 Å². The van der Waals surface area contributed by atoms with E-state index < -0.39 is 12.1 Å². The molecule has 1 fully saturated rings. The summed E-state index contributed by atoms with van der Waals surface area (Å²) in [7, 11) is 0. The third-order valence-corrected chi connectivity index (χ3v) is 4.65. The molecule has 0 aromatic heterocycles. The molecular weight excluding hydrogens is 328 g/mol. The van der Waals surface area contributed by atoms with Gasteiger partial charge >= 0.3 is 6.03 Å². The summed E-state index contributed by atoms with van der Waals surface area (Å²) in [5.74, 6) is 0.0281. The summed E-state index contributed by atoms with van der Waals surface area (Å²) in [4.78, 5) is 28.2. The topological polar surface area (TPSA) is 78.7 Å². The molecule has 0 radical (unpaired) electrons. The lowest BCUT2D eigenvalue weighted by molar-refractivity contribution is -0.132. The van der Waals surface area contributed by atoms with Gasteiger partial charge < -0.3 is 20.9 Å². The first-order valence-corrected chi connectivity index (χ1v) is 8.82. The molecule has 2 aromatic rings. The van der Waals surface area contributed by atoms with Crippen molar-refractivity contribution in [2.75, 3.05) is 31.1 Å². The maximum Gasteiger partial charge on any atom is 0.312 e. The van der Waals surface area contributed by atoms with Gasteiger partial charge in [0.1, 0.15) is 0 Å². The molecule has 1 aliphatic heterocycles. The fraction of sp³-hybridized carbons (Fsp3) is 0.300. The van der Waals surface area contributed by atoms with Crippen molar-refractivity contribution in [3.05, 3.63) is 66.2 Å². The number of benzene rings is 2. The number of para-hydroxylation sites is 1. The van der Waals surface area contributed by atoms with Gasteiger partial charge in [0.05, 0.1) is 12.5 Å². The number of nitrogens with two attached hydrogens (primary N) is 1. The van der Waals surface area contributed by atoms with E-state index in [9.17, 15) is 9.59 Å². The molecule has 1 saturated heterocycles. The zero-order valence-electron chi connectivity index (χ0n) is 14.7. The Labute approximate surface area is 153 Å². The molecule has 1 atom stereocenters. The first-order chi connectivity index (χ1) is 12.6. The molecule has 2 aromatic carbocycles. The van der Waals surface area contributed by atoms with E-state index in [1.165, 1.54) is 5.69 Å². The standard InChI is InChI=1S/C20H24N4O2/c21-20(26)22-18(16-7-3-1-4-8-16)15-19(25)24-13-11-23(12-14-24)17-9-5-2-6-10-17/h1-10,18H,11-15H2,(H3,21,22,26). The van der Waals surface area contributed by atoms with Crippen LogP contribution in [0.4, 0.5) is 10.5 Å². The van der Waals surface area contributed by atoms with Crippen LogP contribution in [0.3, 0.4) is 0 Å². The number of piperazine rings is 1. The Morgan fingerprint density at radius 1 is 0.923 bits per heavy atom. The number of carbonyl (C=O) groups excluding carboxylic acids is 2. The largest absolute Gasteiger partial charge is 0.368 e. The summed E-state index contributed by atoms with van der Waals surface area (Å²) >= 11 is 0. The summed E-state index contributed by atoms with van der Waals surface area (Å²) in [6.07, 6.45) is 0.207. The van der Waals surface area contributed by atoms with Gasteiger partial charge in [-0.1, -0.05) is 48.5 Å². The number of hydrogen-bond donors (Lipinski definition) is 2. The summed E-state index contributed by atoms with van der Waals surface area (Å²) in [5.41, 5.74) is 7.34. The molecule has 3 N–H and O–H groups in total. The van der Waals surface area contributed by atoms with Crippen LogP contribution in [0.1, 0.15) is 18.0 Å². The van der Waals surface area contributed by atoms with E-state index in [1.54, 1.807) is 0 Å². The Balaban J connectivity index is 1.59. The Morgan fingerprint density at radius 3 is 2.08 bits per heavy atom. The zero-order chi connectivity index (χ0) is 18.4. The van der Waals surface area contributed by atoms with Crippen molar-refractivity contribution >= 4 is 17.6 Å². The number of carbonyl (C=O) groups is 2. The molecule has 136 valence electrons. The van der Waals surface area contributed by atoms with Gasteiger partial charge in [0, 0.05) is 31.9 Å². The van der Waals surface area contributed by atoms with Crippen LogP contribution in [0, 0.1) is 0 Å². The fourth-order valence-corrected chi connectivity index (χ4v) is 3.27. The first kappa shape index (κ1) is 17.8. The first-order valence-electron chi connectivity index (χ1n) is 8.82. The summed E-state index contributed by atoms with van der Waals surface area (Å²) < 4.78 is 0. The minimum Gasteiger partial charge on any atom is -0.368 e. The van der Waals surface area contributed by atoms with Crippen LogP contribution in [0.5, 0.6) is 0 Å². The van der Waals surface area contributed by atoms with Crippen LogP contribution in [-0.4, -0.2) is 43.0 Å². The summed E-state index contributed by atoms with van der Waals surface area (Å²) in [5, 5.41) is 2.68. The minimum atomic E-state index is -0.624. The number of primary amides is 1. The molecule has 6 heteroatoms. The number of hydrogen-bond acceptors (Lipinski definition) is 3. The minimum absolute atomic E-state index is 0.0281. The van der Waals surface area contributed by atoms with Gasteiger partial charge in [-0.25, -0.2) is 4.79 Å². The molecule has 3 amide bonds. The smallest absolute Gasteiger partial charge is 0.312 e. The van der Waals surface area contributed by atoms with Crippen molar-refractivity contribution in [1.29, 1.82) is 0 Å². The van der Waals surface area contributed by atoms with E-state index >= 15 is 0 Å². The van der Waals surface area contributed by atoms with Gasteiger partial charge in [-0.15, -0.1) is 0 Å². The van der Waals surface area contributed by atoms with Crippen molar-refractivity contribution in [3.8, 4) is 0 Å². The molecular formula is C20H24N4O2. The number of amides is 3. The van der Waals surface area contributed by atoms with E-state index in [-0.39, 0.29) is 12.3 Å². The van der Waals surface area contributed by atoms with Crippen molar-refractivity contribution in [2.24, 2.45) is 5.73 Å². The predicted octanol–water partition coefficient (Wildman–Crippen LogP) is 2.13. The van der Waals surface area contributed by atoms with Crippen LogP contribution in [0.25, 0.3) is 0 Å². The molecule has 0 bridgehead atoms. The van der Waals surface area contributed by atoms with Crippen molar-refractivity contribution < 1.29 is 9.59 Å². The summed E-state index contributed by atoms with van der Waals surface area (Å²) in [6, 6.07) is 18.6. The van der Waals surface area contributed by atoms with Gasteiger partial charge in [0.2, 0.25) is 5.91 Å². The highest BCUT2D eigenvalue weighted by atomic mass is 16.2. The second-order valence-electron chi connectivity index (χ2n) is 6.38. The van der Waals surface area contributed by atoms with E-state index in [4.69, 9.17) is 5.73 Å². The highest BCUT2D eigenvalue weighted by Crippen LogP contribution is 2.20. The Kier molecular flexibility index (Phi) is 5.73. The second-order valence-corrected chi connectivity index (χ2v) is 6.38. The highest BCUT2D eigenvalue weighted by molar-refractivity contribution is 5.79.